The molecular weight excluding hydrogens is 405 g/mol. The summed E-state index contributed by atoms with van der Waals surface area (Å²) in [5.41, 5.74) is 2.43. The molecule has 0 aliphatic carbocycles. The maximum absolute atomic E-state index is 5.15. The zero-order valence-electron chi connectivity index (χ0n) is 9.94. The first-order valence-electron chi connectivity index (χ1n) is 5.51. The van der Waals surface area contributed by atoms with Gasteiger partial charge in [-0.25, -0.2) is 0 Å². The van der Waals surface area contributed by atoms with E-state index in [1.807, 2.05) is 24.3 Å². The molecule has 4 heteroatoms. The third-order valence-corrected chi connectivity index (χ3v) is 4.13. The molecule has 0 N–H and O–H groups in total. The lowest BCUT2D eigenvalue weighted by molar-refractivity contribution is 0.414. The molecule has 0 saturated heterocycles. The van der Waals surface area contributed by atoms with Crippen LogP contribution in [0, 0.1) is 0 Å². The van der Waals surface area contributed by atoms with E-state index in [1.165, 1.54) is 11.3 Å². The van der Waals surface area contributed by atoms with Crippen molar-refractivity contribution in [1.82, 2.24) is 0 Å². The Kier molecular flexibility index (Phi) is 4.88. The van der Waals surface area contributed by atoms with Crippen LogP contribution in [0.15, 0.2) is 53.0 Å². The summed E-state index contributed by atoms with van der Waals surface area (Å²) in [5, 5.41) is 0. The van der Waals surface area contributed by atoms with E-state index in [-0.39, 0.29) is 0 Å². The maximum atomic E-state index is 5.15. The predicted octanol–water partition coefficient (Wildman–Crippen LogP) is 4.81. The molecular formula is C14H13BrINO. The monoisotopic (exact) mass is 417 g/mol. The minimum Gasteiger partial charge on any atom is -0.497 e. The molecule has 0 radical (unpaired) electrons. The van der Waals surface area contributed by atoms with Crippen LogP contribution in [0.25, 0.3) is 0 Å². The van der Waals surface area contributed by atoms with Crippen LogP contribution >= 0.6 is 38.8 Å². The van der Waals surface area contributed by atoms with Crippen molar-refractivity contribution < 1.29 is 4.74 Å². The van der Waals surface area contributed by atoms with Crippen molar-refractivity contribution in [3.8, 4) is 5.75 Å². The van der Waals surface area contributed by atoms with Crippen LogP contribution in [0.3, 0.4) is 0 Å². The predicted molar refractivity (Wildman–Crippen MR) is 87.3 cm³/mol. The highest BCUT2D eigenvalue weighted by molar-refractivity contribution is 14.1. The zero-order valence-corrected chi connectivity index (χ0v) is 13.7. The molecule has 0 atom stereocenters. The van der Waals surface area contributed by atoms with Crippen LogP contribution in [0.1, 0.15) is 5.56 Å². The molecule has 0 heterocycles. The SMILES string of the molecule is COc1ccc(CN(I)c2ccccc2Br)cc1. The van der Waals surface area contributed by atoms with Gasteiger partial charge in [0, 0.05) is 4.47 Å². The molecule has 18 heavy (non-hydrogen) atoms. The summed E-state index contributed by atoms with van der Waals surface area (Å²) in [4.78, 5) is 0. The van der Waals surface area contributed by atoms with E-state index in [1.54, 1.807) is 7.11 Å². The molecule has 0 amide bonds. The smallest absolute Gasteiger partial charge is 0.118 e. The Morgan fingerprint density at radius 1 is 1.11 bits per heavy atom. The minimum absolute atomic E-state index is 0.854. The second kappa shape index (κ2) is 6.43. The van der Waals surface area contributed by atoms with Gasteiger partial charge in [0.25, 0.3) is 0 Å². The van der Waals surface area contributed by atoms with Crippen molar-refractivity contribution in [2.24, 2.45) is 0 Å². The Labute approximate surface area is 130 Å². The number of rotatable bonds is 4. The van der Waals surface area contributed by atoms with Crippen LogP contribution in [-0.4, -0.2) is 7.11 Å². The summed E-state index contributed by atoms with van der Waals surface area (Å²) in [6.45, 7) is 0.854. The van der Waals surface area contributed by atoms with E-state index in [2.05, 4.69) is 66.2 Å². The molecule has 0 aliphatic heterocycles. The standard InChI is InChI=1S/C14H13BrINO/c1-18-12-8-6-11(7-9-12)10-17(16)14-5-3-2-4-13(14)15/h2-9H,10H2,1H3. The molecule has 0 fully saturated rings. The van der Waals surface area contributed by atoms with Gasteiger partial charge in [-0.1, -0.05) is 24.3 Å². The van der Waals surface area contributed by atoms with Gasteiger partial charge in [0.2, 0.25) is 0 Å². The number of ether oxygens (including phenoxy) is 1. The van der Waals surface area contributed by atoms with E-state index in [9.17, 15) is 0 Å². The Balaban J connectivity index is 2.11. The number of benzene rings is 2. The van der Waals surface area contributed by atoms with Gasteiger partial charge in [0.1, 0.15) is 5.75 Å². The third-order valence-electron chi connectivity index (χ3n) is 2.59. The van der Waals surface area contributed by atoms with Gasteiger partial charge in [-0.2, -0.15) is 0 Å². The molecule has 2 aromatic rings. The zero-order chi connectivity index (χ0) is 13.0. The average Bonchev–Trinajstić information content (AvgIpc) is 2.40. The third kappa shape index (κ3) is 3.38. The fourth-order valence-corrected chi connectivity index (χ4v) is 3.27. The number of para-hydroxylation sites is 1. The Hall–Kier alpha value is -0.750. The van der Waals surface area contributed by atoms with Gasteiger partial charge in [0.05, 0.1) is 42.2 Å². The molecule has 0 spiro atoms. The van der Waals surface area contributed by atoms with E-state index in [4.69, 9.17) is 4.74 Å². The number of hydrogen-bond donors (Lipinski definition) is 0. The number of halogens is 2. The summed E-state index contributed by atoms with van der Waals surface area (Å²) in [5.74, 6) is 0.889. The van der Waals surface area contributed by atoms with E-state index < -0.39 is 0 Å². The fourth-order valence-electron chi connectivity index (χ4n) is 1.62. The first kappa shape index (κ1) is 13.7. The summed E-state index contributed by atoms with van der Waals surface area (Å²) >= 11 is 5.89. The minimum atomic E-state index is 0.854. The van der Waals surface area contributed by atoms with E-state index in [0.29, 0.717) is 0 Å². The summed E-state index contributed by atoms with van der Waals surface area (Å²) in [6, 6.07) is 16.3. The molecule has 2 aromatic carbocycles. The second-order valence-corrected chi connectivity index (χ2v) is 5.84. The van der Waals surface area contributed by atoms with Crippen molar-refractivity contribution in [2.75, 3.05) is 10.2 Å². The largest absolute Gasteiger partial charge is 0.497 e. The summed E-state index contributed by atoms with van der Waals surface area (Å²) < 4.78 is 8.44. The highest BCUT2D eigenvalue weighted by Crippen LogP contribution is 2.29. The molecule has 0 aromatic heterocycles. The number of nitrogens with zero attached hydrogens (tertiary/aromatic N) is 1. The second-order valence-electron chi connectivity index (χ2n) is 3.82. The van der Waals surface area contributed by atoms with Gasteiger partial charge in [-0.15, -0.1) is 0 Å². The van der Waals surface area contributed by atoms with Crippen molar-refractivity contribution in [3.63, 3.8) is 0 Å². The van der Waals surface area contributed by atoms with Crippen molar-refractivity contribution in [2.45, 2.75) is 6.54 Å². The van der Waals surface area contributed by atoms with Gasteiger partial charge < -0.3 is 7.85 Å². The van der Waals surface area contributed by atoms with Crippen molar-refractivity contribution >= 4 is 44.5 Å². The first-order chi connectivity index (χ1) is 8.70. The first-order valence-corrected chi connectivity index (χ1v) is 7.27. The quantitative estimate of drug-likeness (QED) is 0.522. The lowest BCUT2D eigenvalue weighted by atomic mass is 10.2. The molecule has 0 saturated carbocycles. The lowest BCUT2D eigenvalue weighted by Gasteiger charge is -2.18. The van der Waals surface area contributed by atoms with Crippen molar-refractivity contribution in [1.29, 1.82) is 0 Å². The van der Waals surface area contributed by atoms with Crippen molar-refractivity contribution in [3.05, 3.63) is 58.6 Å². The molecule has 0 aliphatic rings. The number of hydrogen-bond acceptors (Lipinski definition) is 2. The molecule has 94 valence electrons. The van der Waals surface area contributed by atoms with Crippen LogP contribution < -0.4 is 7.85 Å². The van der Waals surface area contributed by atoms with Crippen LogP contribution in [0.2, 0.25) is 0 Å². The summed E-state index contributed by atoms with van der Waals surface area (Å²) in [6.07, 6.45) is 0. The Morgan fingerprint density at radius 2 is 1.78 bits per heavy atom. The molecule has 0 bridgehead atoms. The van der Waals surface area contributed by atoms with Gasteiger partial charge in [-0.3, -0.25) is 0 Å². The van der Waals surface area contributed by atoms with Crippen LogP contribution in [-0.2, 0) is 6.54 Å². The van der Waals surface area contributed by atoms with Gasteiger partial charge in [0.15, 0.2) is 0 Å². The van der Waals surface area contributed by atoms with Crippen LogP contribution in [0.4, 0.5) is 5.69 Å². The van der Waals surface area contributed by atoms with Gasteiger partial charge >= 0.3 is 0 Å². The normalized spacial score (nSPS) is 10.2. The highest BCUT2D eigenvalue weighted by atomic mass is 127. The molecule has 2 rings (SSSR count). The molecule has 2 nitrogen and oxygen atoms in total. The summed E-state index contributed by atoms with van der Waals surface area (Å²) in [7, 11) is 1.68. The fraction of sp³-hybridized carbons (Fsp3) is 0.143. The lowest BCUT2D eigenvalue weighted by Crippen LogP contribution is -2.09. The number of anilines is 1. The average molecular weight is 418 g/mol. The van der Waals surface area contributed by atoms with Crippen LogP contribution in [0.5, 0.6) is 5.75 Å². The maximum Gasteiger partial charge on any atom is 0.118 e. The highest BCUT2D eigenvalue weighted by Gasteiger charge is 2.07. The topological polar surface area (TPSA) is 12.5 Å². The van der Waals surface area contributed by atoms with Gasteiger partial charge in [-0.05, 0) is 45.8 Å². The number of methoxy groups -OCH3 is 1. The van der Waals surface area contributed by atoms with E-state index >= 15 is 0 Å². The van der Waals surface area contributed by atoms with E-state index in [0.717, 1.165) is 16.8 Å². The Morgan fingerprint density at radius 3 is 2.39 bits per heavy atom. The molecule has 0 unspecified atom stereocenters. The Bertz CT molecular complexity index is 515.